The molecule has 0 saturated carbocycles. The van der Waals surface area contributed by atoms with Gasteiger partial charge < -0.3 is 15.6 Å². The van der Waals surface area contributed by atoms with E-state index in [0.717, 1.165) is 24.2 Å². The largest absolute Gasteiger partial charge is 0.493 e. The standard InChI is InChI=1S/C12H19NO2/c1-2-3-8-15-12-7-5-4-6-10(12)11(14)9-13/h4-7,11,14H,2-3,8-9,13H2,1H3. The average molecular weight is 209 g/mol. The van der Waals surface area contributed by atoms with Crippen molar-refractivity contribution >= 4 is 0 Å². The van der Waals surface area contributed by atoms with Gasteiger partial charge in [0.25, 0.3) is 0 Å². The van der Waals surface area contributed by atoms with Gasteiger partial charge in [-0.15, -0.1) is 0 Å². The molecule has 1 aromatic rings. The number of aliphatic hydroxyl groups excluding tert-OH is 1. The third-order valence-corrected chi connectivity index (χ3v) is 2.26. The van der Waals surface area contributed by atoms with Gasteiger partial charge in [0, 0.05) is 12.1 Å². The summed E-state index contributed by atoms with van der Waals surface area (Å²) in [4.78, 5) is 0. The fraction of sp³-hybridized carbons (Fsp3) is 0.500. The lowest BCUT2D eigenvalue weighted by Crippen LogP contribution is -2.13. The predicted molar refractivity (Wildman–Crippen MR) is 60.9 cm³/mol. The summed E-state index contributed by atoms with van der Waals surface area (Å²) in [5.74, 6) is 0.740. The zero-order valence-corrected chi connectivity index (χ0v) is 9.15. The Labute approximate surface area is 90.9 Å². The molecule has 15 heavy (non-hydrogen) atoms. The number of unbranched alkanes of at least 4 members (excludes halogenated alkanes) is 1. The molecule has 0 aliphatic rings. The van der Waals surface area contributed by atoms with Crippen LogP contribution in [0.25, 0.3) is 0 Å². The third-order valence-electron chi connectivity index (χ3n) is 2.26. The van der Waals surface area contributed by atoms with Crippen LogP contribution in [-0.4, -0.2) is 18.3 Å². The molecule has 0 aliphatic heterocycles. The van der Waals surface area contributed by atoms with E-state index >= 15 is 0 Å². The summed E-state index contributed by atoms with van der Waals surface area (Å²) in [6.45, 7) is 3.02. The zero-order chi connectivity index (χ0) is 11.1. The van der Waals surface area contributed by atoms with Crippen molar-refractivity contribution in [1.29, 1.82) is 0 Å². The summed E-state index contributed by atoms with van der Waals surface area (Å²) in [5, 5.41) is 9.66. The molecule has 1 atom stereocenters. The maximum atomic E-state index is 9.66. The van der Waals surface area contributed by atoms with Crippen LogP contribution >= 0.6 is 0 Å². The molecule has 3 nitrogen and oxygen atoms in total. The monoisotopic (exact) mass is 209 g/mol. The molecule has 0 aromatic heterocycles. The smallest absolute Gasteiger partial charge is 0.125 e. The molecule has 0 radical (unpaired) electrons. The predicted octanol–water partition coefficient (Wildman–Crippen LogP) is 1.86. The van der Waals surface area contributed by atoms with E-state index in [0.29, 0.717) is 6.61 Å². The van der Waals surface area contributed by atoms with Gasteiger partial charge in [0.05, 0.1) is 12.7 Å². The van der Waals surface area contributed by atoms with Gasteiger partial charge >= 0.3 is 0 Å². The lowest BCUT2D eigenvalue weighted by Gasteiger charge is -2.14. The number of rotatable bonds is 6. The summed E-state index contributed by atoms with van der Waals surface area (Å²) in [6, 6.07) is 7.48. The normalized spacial score (nSPS) is 12.5. The molecule has 3 heteroatoms. The first-order chi connectivity index (χ1) is 7.29. The summed E-state index contributed by atoms with van der Waals surface area (Å²) >= 11 is 0. The first-order valence-corrected chi connectivity index (χ1v) is 5.39. The zero-order valence-electron chi connectivity index (χ0n) is 9.15. The second-order valence-electron chi connectivity index (χ2n) is 3.49. The van der Waals surface area contributed by atoms with Gasteiger partial charge in [0.2, 0.25) is 0 Å². The Morgan fingerprint density at radius 2 is 2.13 bits per heavy atom. The minimum Gasteiger partial charge on any atom is -0.493 e. The fourth-order valence-corrected chi connectivity index (χ4v) is 1.34. The number of ether oxygens (including phenoxy) is 1. The van der Waals surface area contributed by atoms with Crippen LogP contribution in [-0.2, 0) is 0 Å². The summed E-state index contributed by atoms with van der Waals surface area (Å²) in [7, 11) is 0. The van der Waals surface area contributed by atoms with Crippen LogP contribution in [0.2, 0.25) is 0 Å². The van der Waals surface area contributed by atoms with Crippen LogP contribution in [0, 0.1) is 0 Å². The van der Waals surface area contributed by atoms with E-state index in [2.05, 4.69) is 6.92 Å². The van der Waals surface area contributed by atoms with Crippen LogP contribution in [0.15, 0.2) is 24.3 Å². The van der Waals surface area contributed by atoms with Gasteiger partial charge in [0.1, 0.15) is 5.75 Å². The Kier molecular flexibility index (Phi) is 5.15. The third kappa shape index (κ3) is 3.53. The van der Waals surface area contributed by atoms with Gasteiger partial charge in [-0.3, -0.25) is 0 Å². The Morgan fingerprint density at radius 1 is 1.40 bits per heavy atom. The van der Waals surface area contributed by atoms with Crippen molar-refractivity contribution in [2.75, 3.05) is 13.2 Å². The minimum absolute atomic E-state index is 0.216. The molecule has 1 aromatic carbocycles. The van der Waals surface area contributed by atoms with Crippen molar-refractivity contribution in [2.24, 2.45) is 5.73 Å². The van der Waals surface area contributed by atoms with Crippen LogP contribution in [0.3, 0.4) is 0 Å². The SMILES string of the molecule is CCCCOc1ccccc1C(O)CN. The summed E-state index contributed by atoms with van der Waals surface area (Å²) < 4.78 is 5.58. The summed E-state index contributed by atoms with van der Waals surface area (Å²) in [5.41, 5.74) is 6.20. The number of nitrogens with two attached hydrogens (primary N) is 1. The molecular weight excluding hydrogens is 190 g/mol. The highest BCUT2D eigenvalue weighted by molar-refractivity contribution is 5.35. The van der Waals surface area contributed by atoms with Gasteiger partial charge in [0.15, 0.2) is 0 Å². The Hall–Kier alpha value is -1.06. The van der Waals surface area contributed by atoms with E-state index in [1.807, 2.05) is 24.3 Å². The molecule has 3 N–H and O–H groups in total. The average Bonchev–Trinajstić information content (AvgIpc) is 2.29. The fourth-order valence-electron chi connectivity index (χ4n) is 1.34. The lowest BCUT2D eigenvalue weighted by molar-refractivity contribution is 0.179. The van der Waals surface area contributed by atoms with Gasteiger partial charge in [-0.1, -0.05) is 31.5 Å². The molecule has 0 fully saturated rings. The van der Waals surface area contributed by atoms with E-state index in [9.17, 15) is 5.11 Å². The van der Waals surface area contributed by atoms with Crippen molar-refractivity contribution in [1.82, 2.24) is 0 Å². The Morgan fingerprint density at radius 3 is 2.80 bits per heavy atom. The molecule has 0 heterocycles. The first kappa shape index (κ1) is 12.0. The van der Waals surface area contributed by atoms with Crippen molar-refractivity contribution in [3.05, 3.63) is 29.8 Å². The van der Waals surface area contributed by atoms with Crippen molar-refractivity contribution in [2.45, 2.75) is 25.9 Å². The number of hydrogen-bond donors (Lipinski definition) is 2. The molecule has 84 valence electrons. The molecule has 0 saturated heterocycles. The highest BCUT2D eigenvalue weighted by Gasteiger charge is 2.10. The van der Waals surface area contributed by atoms with E-state index < -0.39 is 6.10 Å². The summed E-state index contributed by atoms with van der Waals surface area (Å²) in [6.07, 6.45) is 1.48. The number of benzene rings is 1. The van der Waals surface area contributed by atoms with E-state index in [1.165, 1.54) is 0 Å². The van der Waals surface area contributed by atoms with Gasteiger partial charge in [-0.05, 0) is 12.5 Å². The second-order valence-corrected chi connectivity index (χ2v) is 3.49. The Bertz CT molecular complexity index is 289. The molecule has 0 bridgehead atoms. The van der Waals surface area contributed by atoms with Crippen LogP contribution in [0.5, 0.6) is 5.75 Å². The van der Waals surface area contributed by atoms with E-state index in [-0.39, 0.29) is 6.54 Å². The molecule has 1 rings (SSSR count). The van der Waals surface area contributed by atoms with Crippen LogP contribution < -0.4 is 10.5 Å². The molecule has 0 amide bonds. The lowest BCUT2D eigenvalue weighted by atomic mass is 10.1. The maximum Gasteiger partial charge on any atom is 0.125 e. The maximum absolute atomic E-state index is 9.66. The molecule has 0 spiro atoms. The quantitative estimate of drug-likeness (QED) is 0.703. The van der Waals surface area contributed by atoms with E-state index in [4.69, 9.17) is 10.5 Å². The number of para-hydroxylation sites is 1. The van der Waals surface area contributed by atoms with Crippen molar-refractivity contribution in [3.8, 4) is 5.75 Å². The van der Waals surface area contributed by atoms with Crippen LogP contribution in [0.4, 0.5) is 0 Å². The Balaban J connectivity index is 2.68. The number of aliphatic hydroxyl groups is 1. The van der Waals surface area contributed by atoms with Crippen molar-refractivity contribution in [3.63, 3.8) is 0 Å². The highest BCUT2D eigenvalue weighted by Crippen LogP contribution is 2.24. The van der Waals surface area contributed by atoms with Crippen LogP contribution in [0.1, 0.15) is 31.4 Å². The molecule has 1 unspecified atom stereocenters. The van der Waals surface area contributed by atoms with Gasteiger partial charge in [-0.25, -0.2) is 0 Å². The van der Waals surface area contributed by atoms with Crippen molar-refractivity contribution < 1.29 is 9.84 Å². The first-order valence-electron chi connectivity index (χ1n) is 5.39. The van der Waals surface area contributed by atoms with Gasteiger partial charge in [-0.2, -0.15) is 0 Å². The minimum atomic E-state index is -0.636. The second kappa shape index (κ2) is 6.43. The number of hydrogen-bond acceptors (Lipinski definition) is 3. The van der Waals surface area contributed by atoms with E-state index in [1.54, 1.807) is 0 Å². The molecule has 0 aliphatic carbocycles. The highest BCUT2D eigenvalue weighted by atomic mass is 16.5. The molecular formula is C12H19NO2. The topological polar surface area (TPSA) is 55.5 Å².